The van der Waals surface area contributed by atoms with Crippen molar-refractivity contribution in [1.29, 1.82) is 0 Å². The molecule has 144 valence electrons. The Labute approximate surface area is 155 Å². The van der Waals surface area contributed by atoms with Crippen LogP contribution in [0.5, 0.6) is 0 Å². The normalized spacial score (nSPS) is 29.3. The molecule has 1 aromatic carbocycles. The van der Waals surface area contributed by atoms with Crippen molar-refractivity contribution < 1.29 is 18.9 Å². The van der Waals surface area contributed by atoms with Crippen LogP contribution in [0.2, 0.25) is 0 Å². The Hall–Kier alpha value is -2.26. The molecular formula is C19H22N2O6. The van der Waals surface area contributed by atoms with Gasteiger partial charge in [0.1, 0.15) is 17.8 Å². The Bertz CT molecular complexity index is 924. The first-order valence-corrected chi connectivity index (χ1v) is 8.80. The van der Waals surface area contributed by atoms with Crippen molar-refractivity contribution in [3.8, 4) is 0 Å². The molecule has 4 rings (SSSR count). The number of H-pyrrole nitrogens is 1. The van der Waals surface area contributed by atoms with Crippen LogP contribution in [-0.4, -0.2) is 47.7 Å². The molecule has 0 spiro atoms. The minimum Gasteiger partial charge on any atom is -0.381 e. The molecule has 0 saturated carbocycles. The first-order valence-electron chi connectivity index (χ1n) is 8.80. The van der Waals surface area contributed by atoms with Gasteiger partial charge in [0, 0.05) is 18.9 Å². The van der Waals surface area contributed by atoms with E-state index in [2.05, 4.69) is 4.98 Å². The lowest BCUT2D eigenvalue weighted by Gasteiger charge is -2.31. The van der Waals surface area contributed by atoms with Crippen molar-refractivity contribution in [3.05, 3.63) is 68.5 Å². The lowest BCUT2D eigenvalue weighted by Crippen LogP contribution is -2.46. The molecule has 2 aliphatic heterocycles. The summed E-state index contributed by atoms with van der Waals surface area (Å²) in [5.74, 6) is 0. The molecule has 2 aromatic rings. The fraction of sp³-hybridized carbons (Fsp3) is 0.474. The van der Waals surface area contributed by atoms with E-state index >= 15 is 0 Å². The summed E-state index contributed by atoms with van der Waals surface area (Å²) in [6.45, 7) is 2.62. The van der Waals surface area contributed by atoms with E-state index in [1.807, 2.05) is 30.3 Å². The van der Waals surface area contributed by atoms with E-state index in [-0.39, 0.29) is 6.61 Å². The standard InChI is InChI=1S/C19H22N2O6/c1-12-8-21(18(23)20-16(12)22)17-14-15(19(27-17,10-24-2)11-26-14)25-9-13-6-4-3-5-7-13/h3-8,14-15,17H,9-11H2,1-2H3,(H,20,22,23)/t14-,15+,17-,19+/m1/s1. The molecule has 4 atom stereocenters. The number of aromatic amines is 1. The molecule has 2 aliphatic rings. The number of rotatable bonds is 6. The van der Waals surface area contributed by atoms with Crippen LogP contribution in [0, 0.1) is 6.92 Å². The van der Waals surface area contributed by atoms with Gasteiger partial charge in [-0.25, -0.2) is 4.79 Å². The molecule has 1 N–H and O–H groups in total. The zero-order chi connectivity index (χ0) is 19.0. The Balaban J connectivity index is 1.63. The molecule has 0 unspecified atom stereocenters. The van der Waals surface area contributed by atoms with Gasteiger partial charge >= 0.3 is 5.69 Å². The van der Waals surface area contributed by atoms with E-state index in [0.717, 1.165) is 5.56 Å². The lowest BCUT2D eigenvalue weighted by molar-refractivity contribution is -0.192. The SMILES string of the molecule is COC[C@@]12CO[C@@H]([C@H](n3cc(C)c(=O)[nH]c3=O)O1)[C@@H]2OCc1ccccc1. The van der Waals surface area contributed by atoms with Gasteiger partial charge in [0.05, 0.1) is 19.8 Å². The minimum absolute atomic E-state index is 0.274. The van der Waals surface area contributed by atoms with Gasteiger partial charge in [-0.1, -0.05) is 30.3 Å². The highest BCUT2D eigenvalue weighted by atomic mass is 16.7. The Morgan fingerprint density at radius 2 is 2.07 bits per heavy atom. The predicted molar refractivity (Wildman–Crippen MR) is 95.5 cm³/mol. The monoisotopic (exact) mass is 374 g/mol. The Kier molecular flexibility index (Phi) is 4.73. The average Bonchev–Trinajstić information content (AvgIpc) is 3.15. The van der Waals surface area contributed by atoms with Gasteiger partial charge in [-0.2, -0.15) is 0 Å². The fourth-order valence-corrected chi connectivity index (χ4v) is 3.75. The number of hydrogen-bond donors (Lipinski definition) is 1. The highest BCUT2D eigenvalue weighted by molar-refractivity contribution is 5.15. The number of hydrogen-bond acceptors (Lipinski definition) is 6. The van der Waals surface area contributed by atoms with Gasteiger partial charge in [-0.3, -0.25) is 14.3 Å². The quantitative estimate of drug-likeness (QED) is 0.802. The van der Waals surface area contributed by atoms with Crippen molar-refractivity contribution in [2.24, 2.45) is 0 Å². The van der Waals surface area contributed by atoms with Crippen molar-refractivity contribution in [3.63, 3.8) is 0 Å². The van der Waals surface area contributed by atoms with Crippen LogP contribution in [-0.2, 0) is 25.6 Å². The zero-order valence-corrected chi connectivity index (χ0v) is 15.2. The summed E-state index contributed by atoms with van der Waals surface area (Å²) in [5.41, 5.74) is -0.305. The van der Waals surface area contributed by atoms with Gasteiger partial charge in [-0.15, -0.1) is 0 Å². The Morgan fingerprint density at radius 3 is 2.81 bits per heavy atom. The van der Waals surface area contributed by atoms with E-state index < -0.39 is 35.3 Å². The smallest absolute Gasteiger partial charge is 0.330 e. The molecule has 2 fully saturated rings. The van der Waals surface area contributed by atoms with E-state index in [9.17, 15) is 9.59 Å². The summed E-state index contributed by atoms with van der Waals surface area (Å²) in [5, 5.41) is 0. The van der Waals surface area contributed by atoms with Crippen LogP contribution < -0.4 is 11.2 Å². The van der Waals surface area contributed by atoms with Crippen molar-refractivity contribution in [2.75, 3.05) is 20.3 Å². The van der Waals surface area contributed by atoms with Crippen LogP contribution in [0.15, 0.2) is 46.1 Å². The van der Waals surface area contributed by atoms with Gasteiger partial charge in [0.2, 0.25) is 0 Å². The number of nitrogens with one attached hydrogen (secondary N) is 1. The highest BCUT2D eigenvalue weighted by Gasteiger charge is 2.63. The first kappa shape index (κ1) is 18.1. The topological polar surface area (TPSA) is 91.8 Å². The number of ether oxygens (including phenoxy) is 4. The summed E-state index contributed by atoms with van der Waals surface area (Å²) < 4.78 is 25.0. The van der Waals surface area contributed by atoms with Crippen LogP contribution in [0.4, 0.5) is 0 Å². The molecule has 8 heteroatoms. The van der Waals surface area contributed by atoms with Gasteiger partial charge in [-0.05, 0) is 12.5 Å². The zero-order valence-electron chi connectivity index (χ0n) is 15.2. The fourth-order valence-electron chi connectivity index (χ4n) is 3.75. The third kappa shape index (κ3) is 3.14. The summed E-state index contributed by atoms with van der Waals surface area (Å²) in [7, 11) is 1.59. The summed E-state index contributed by atoms with van der Waals surface area (Å²) in [6.07, 6.45) is -0.0867. The number of methoxy groups -OCH3 is 1. The third-order valence-corrected chi connectivity index (χ3v) is 5.05. The van der Waals surface area contributed by atoms with Crippen molar-refractivity contribution in [1.82, 2.24) is 9.55 Å². The predicted octanol–water partition coefficient (Wildman–Crippen LogP) is 0.743. The van der Waals surface area contributed by atoms with E-state index in [1.54, 1.807) is 14.0 Å². The molecular weight excluding hydrogens is 352 g/mol. The van der Waals surface area contributed by atoms with Crippen molar-refractivity contribution >= 4 is 0 Å². The number of fused-ring (bicyclic) bond motifs is 2. The number of aromatic nitrogens is 2. The lowest BCUT2D eigenvalue weighted by atomic mass is 10.00. The van der Waals surface area contributed by atoms with Crippen LogP contribution in [0.1, 0.15) is 17.4 Å². The second-order valence-electron chi connectivity index (χ2n) is 6.98. The maximum atomic E-state index is 12.3. The number of benzene rings is 1. The van der Waals surface area contributed by atoms with Crippen molar-refractivity contribution in [2.45, 2.75) is 37.6 Å². The average molecular weight is 374 g/mol. The number of aryl methyl sites for hydroxylation is 1. The van der Waals surface area contributed by atoms with Gasteiger partial charge in [0.25, 0.3) is 5.56 Å². The molecule has 0 aliphatic carbocycles. The van der Waals surface area contributed by atoms with Gasteiger partial charge < -0.3 is 18.9 Å². The Morgan fingerprint density at radius 1 is 1.30 bits per heavy atom. The molecule has 2 saturated heterocycles. The number of nitrogens with zero attached hydrogens (tertiary/aromatic N) is 1. The highest BCUT2D eigenvalue weighted by Crippen LogP contribution is 2.46. The molecule has 0 amide bonds. The second-order valence-corrected chi connectivity index (χ2v) is 6.98. The first-order chi connectivity index (χ1) is 13.0. The minimum atomic E-state index is -0.803. The summed E-state index contributed by atoms with van der Waals surface area (Å²) in [6, 6.07) is 9.81. The molecule has 3 heterocycles. The largest absolute Gasteiger partial charge is 0.381 e. The molecule has 27 heavy (non-hydrogen) atoms. The molecule has 1 aromatic heterocycles. The summed E-state index contributed by atoms with van der Waals surface area (Å²) >= 11 is 0. The van der Waals surface area contributed by atoms with Gasteiger partial charge in [0.15, 0.2) is 6.23 Å². The van der Waals surface area contributed by atoms with E-state index in [4.69, 9.17) is 18.9 Å². The van der Waals surface area contributed by atoms with Crippen LogP contribution in [0.3, 0.4) is 0 Å². The second kappa shape index (κ2) is 7.05. The van der Waals surface area contributed by atoms with E-state index in [1.165, 1.54) is 10.8 Å². The third-order valence-electron chi connectivity index (χ3n) is 5.05. The van der Waals surface area contributed by atoms with Crippen LogP contribution in [0.25, 0.3) is 0 Å². The molecule has 0 radical (unpaired) electrons. The van der Waals surface area contributed by atoms with E-state index in [0.29, 0.717) is 18.8 Å². The summed E-state index contributed by atoms with van der Waals surface area (Å²) in [4.78, 5) is 26.3. The molecule has 2 bridgehead atoms. The maximum absolute atomic E-state index is 12.3. The molecule has 8 nitrogen and oxygen atoms in total. The van der Waals surface area contributed by atoms with Crippen LogP contribution >= 0.6 is 0 Å². The maximum Gasteiger partial charge on any atom is 0.330 e.